The van der Waals surface area contributed by atoms with Crippen LogP contribution in [0, 0.1) is 0 Å². The molecule has 0 radical (unpaired) electrons. The topological polar surface area (TPSA) is 53.5 Å². The first-order valence-electron chi connectivity index (χ1n) is 5.92. The highest BCUT2D eigenvalue weighted by molar-refractivity contribution is 9.10. The summed E-state index contributed by atoms with van der Waals surface area (Å²) in [5.74, 6) is 1.36. The van der Waals surface area contributed by atoms with Gasteiger partial charge in [0.25, 0.3) is 0 Å². The molecule has 0 unspecified atom stereocenters. The van der Waals surface area contributed by atoms with Gasteiger partial charge in [-0.2, -0.15) is 0 Å². The van der Waals surface area contributed by atoms with Gasteiger partial charge in [-0.25, -0.2) is 9.97 Å². The van der Waals surface area contributed by atoms with E-state index < -0.39 is 6.29 Å². The van der Waals surface area contributed by atoms with Gasteiger partial charge in [0.05, 0.1) is 11.6 Å². The van der Waals surface area contributed by atoms with E-state index in [1.165, 1.54) is 0 Å². The molecule has 0 N–H and O–H groups in total. The molecule has 106 valence electrons. The zero-order chi connectivity index (χ0) is 14.5. The van der Waals surface area contributed by atoms with E-state index in [1.54, 1.807) is 33.6 Å². The number of nitrogens with zero attached hydrogens (tertiary/aromatic N) is 2. The number of halogens is 1. The van der Waals surface area contributed by atoms with Crippen molar-refractivity contribution in [1.29, 1.82) is 0 Å². The van der Waals surface area contributed by atoms with Crippen LogP contribution in [0.15, 0.2) is 34.9 Å². The zero-order valence-corrected chi connectivity index (χ0v) is 13.0. The van der Waals surface area contributed by atoms with Crippen molar-refractivity contribution in [3.63, 3.8) is 0 Å². The fraction of sp³-hybridized carbons (Fsp3) is 0.286. The van der Waals surface area contributed by atoms with E-state index in [0.29, 0.717) is 11.5 Å². The summed E-state index contributed by atoms with van der Waals surface area (Å²) in [6.07, 6.45) is 1.18. The summed E-state index contributed by atoms with van der Waals surface area (Å²) in [5.41, 5.74) is 1.55. The molecular formula is C14H15BrN2O3. The molecule has 20 heavy (non-hydrogen) atoms. The number of methoxy groups -OCH3 is 3. The van der Waals surface area contributed by atoms with Gasteiger partial charge >= 0.3 is 0 Å². The lowest BCUT2D eigenvalue weighted by Gasteiger charge is -2.13. The third kappa shape index (κ3) is 3.15. The molecule has 1 aromatic carbocycles. The minimum absolute atomic E-state index is 0.501. The Kier molecular flexibility index (Phi) is 5.05. The molecule has 0 fully saturated rings. The van der Waals surface area contributed by atoms with E-state index in [9.17, 15) is 0 Å². The summed E-state index contributed by atoms with van der Waals surface area (Å²) in [6.45, 7) is 0. The quantitative estimate of drug-likeness (QED) is 0.783. The van der Waals surface area contributed by atoms with Crippen molar-refractivity contribution in [2.75, 3.05) is 21.3 Å². The minimum atomic E-state index is -0.501. The smallest absolute Gasteiger partial charge is 0.200 e. The van der Waals surface area contributed by atoms with Crippen LogP contribution in [0.2, 0.25) is 0 Å². The molecule has 0 bridgehead atoms. The van der Waals surface area contributed by atoms with Gasteiger partial charge in [0.1, 0.15) is 11.4 Å². The summed E-state index contributed by atoms with van der Waals surface area (Å²) < 4.78 is 16.4. The van der Waals surface area contributed by atoms with Gasteiger partial charge in [-0.3, -0.25) is 0 Å². The summed E-state index contributed by atoms with van der Waals surface area (Å²) >= 11 is 3.45. The second-order valence-electron chi connectivity index (χ2n) is 3.96. The Labute approximate surface area is 126 Å². The van der Waals surface area contributed by atoms with E-state index in [1.807, 2.05) is 18.2 Å². The molecular weight excluding hydrogens is 324 g/mol. The van der Waals surface area contributed by atoms with Crippen molar-refractivity contribution in [3.05, 3.63) is 40.6 Å². The number of ether oxygens (including phenoxy) is 3. The van der Waals surface area contributed by atoms with Gasteiger partial charge in [-0.1, -0.05) is 0 Å². The molecule has 0 atom stereocenters. The van der Waals surface area contributed by atoms with Gasteiger partial charge in [0.15, 0.2) is 5.82 Å². The van der Waals surface area contributed by atoms with Crippen LogP contribution in [0.4, 0.5) is 0 Å². The van der Waals surface area contributed by atoms with Crippen molar-refractivity contribution in [1.82, 2.24) is 9.97 Å². The molecule has 0 saturated heterocycles. The molecule has 0 saturated carbocycles. The standard InChI is InChI=1S/C14H15BrN2O3/c1-18-12-5-4-9(8-10(12)15)13-16-7-6-11(17-13)14(19-2)20-3/h4-8,14H,1-3H3. The maximum absolute atomic E-state index is 5.20. The van der Waals surface area contributed by atoms with Gasteiger partial charge < -0.3 is 14.2 Å². The van der Waals surface area contributed by atoms with Crippen LogP contribution in [0.5, 0.6) is 5.75 Å². The van der Waals surface area contributed by atoms with Gasteiger partial charge in [0.2, 0.25) is 6.29 Å². The lowest BCUT2D eigenvalue weighted by atomic mass is 10.2. The Morgan fingerprint density at radius 2 is 1.85 bits per heavy atom. The first kappa shape index (κ1) is 14.9. The van der Waals surface area contributed by atoms with E-state index in [-0.39, 0.29) is 0 Å². The molecule has 0 aliphatic carbocycles. The normalized spacial score (nSPS) is 10.8. The highest BCUT2D eigenvalue weighted by atomic mass is 79.9. The average molecular weight is 339 g/mol. The lowest BCUT2D eigenvalue weighted by molar-refractivity contribution is -0.108. The molecule has 0 aliphatic rings. The SMILES string of the molecule is COc1ccc(-c2nccc(C(OC)OC)n2)cc1Br. The maximum atomic E-state index is 5.20. The van der Waals surface area contributed by atoms with Crippen LogP contribution in [0.3, 0.4) is 0 Å². The fourth-order valence-electron chi connectivity index (χ4n) is 1.79. The summed E-state index contributed by atoms with van der Waals surface area (Å²) in [6, 6.07) is 7.43. The van der Waals surface area contributed by atoms with Crippen LogP contribution in [-0.4, -0.2) is 31.3 Å². The molecule has 2 rings (SSSR count). The van der Waals surface area contributed by atoms with Crippen molar-refractivity contribution in [2.45, 2.75) is 6.29 Å². The molecule has 1 aromatic heterocycles. The van der Waals surface area contributed by atoms with Crippen LogP contribution in [0.25, 0.3) is 11.4 Å². The fourth-order valence-corrected chi connectivity index (χ4v) is 2.33. The largest absolute Gasteiger partial charge is 0.496 e. The second kappa shape index (κ2) is 6.78. The van der Waals surface area contributed by atoms with Crippen molar-refractivity contribution in [2.24, 2.45) is 0 Å². The van der Waals surface area contributed by atoms with E-state index in [0.717, 1.165) is 15.8 Å². The monoisotopic (exact) mass is 338 g/mol. The van der Waals surface area contributed by atoms with Crippen LogP contribution in [0.1, 0.15) is 12.0 Å². The van der Waals surface area contributed by atoms with E-state index >= 15 is 0 Å². The Morgan fingerprint density at radius 3 is 2.45 bits per heavy atom. The lowest BCUT2D eigenvalue weighted by Crippen LogP contribution is -2.07. The predicted octanol–water partition coefficient (Wildman–Crippen LogP) is 3.21. The molecule has 5 nitrogen and oxygen atoms in total. The van der Waals surface area contributed by atoms with Gasteiger partial charge in [-0.05, 0) is 40.2 Å². The maximum Gasteiger partial charge on any atom is 0.200 e. The third-order valence-corrected chi connectivity index (χ3v) is 3.38. The van der Waals surface area contributed by atoms with Crippen LogP contribution >= 0.6 is 15.9 Å². The van der Waals surface area contributed by atoms with Crippen LogP contribution in [-0.2, 0) is 9.47 Å². The summed E-state index contributed by atoms with van der Waals surface area (Å²) in [5, 5.41) is 0. The zero-order valence-electron chi connectivity index (χ0n) is 11.5. The Balaban J connectivity index is 2.38. The van der Waals surface area contributed by atoms with Crippen LogP contribution < -0.4 is 4.74 Å². The number of hydrogen-bond donors (Lipinski definition) is 0. The Bertz CT molecular complexity index is 588. The minimum Gasteiger partial charge on any atom is -0.496 e. The molecule has 0 spiro atoms. The predicted molar refractivity (Wildman–Crippen MR) is 78.5 cm³/mol. The van der Waals surface area contributed by atoms with E-state index in [4.69, 9.17) is 14.2 Å². The number of benzene rings is 1. The molecule has 0 amide bonds. The van der Waals surface area contributed by atoms with E-state index in [2.05, 4.69) is 25.9 Å². The van der Waals surface area contributed by atoms with Gasteiger partial charge in [0, 0.05) is 26.0 Å². The molecule has 0 aliphatic heterocycles. The first-order chi connectivity index (χ1) is 9.69. The van der Waals surface area contributed by atoms with Gasteiger partial charge in [-0.15, -0.1) is 0 Å². The Morgan fingerprint density at radius 1 is 1.10 bits per heavy atom. The third-order valence-electron chi connectivity index (χ3n) is 2.76. The highest BCUT2D eigenvalue weighted by Crippen LogP contribution is 2.29. The highest BCUT2D eigenvalue weighted by Gasteiger charge is 2.13. The number of aromatic nitrogens is 2. The second-order valence-corrected chi connectivity index (χ2v) is 4.81. The first-order valence-corrected chi connectivity index (χ1v) is 6.71. The number of rotatable bonds is 5. The number of hydrogen-bond acceptors (Lipinski definition) is 5. The van der Waals surface area contributed by atoms with Crippen molar-refractivity contribution in [3.8, 4) is 17.1 Å². The molecule has 6 heteroatoms. The summed E-state index contributed by atoms with van der Waals surface area (Å²) in [4.78, 5) is 8.73. The van der Waals surface area contributed by atoms with Crippen molar-refractivity contribution >= 4 is 15.9 Å². The van der Waals surface area contributed by atoms with Crippen molar-refractivity contribution < 1.29 is 14.2 Å². The molecule has 2 aromatic rings. The average Bonchev–Trinajstić information content (AvgIpc) is 2.49. The summed E-state index contributed by atoms with van der Waals surface area (Å²) in [7, 11) is 4.76. The molecule has 1 heterocycles. The Hall–Kier alpha value is -1.50.